The zero-order chi connectivity index (χ0) is 13.4. The van der Waals surface area contributed by atoms with Crippen LogP contribution in [0.1, 0.15) is 32.3 Å². The number of thioether (sulfide) groups is 1. The van der Waals surface area contributed by atoms with Crippen molar-refractivity contribution < 1.29 is 4.79 Å². The van der Waals surface area contributed by atoms with Gasteiger partial charge in [-0.1, -0.05) is 48.3 Å². The molecule has 100 valence electrons. The molecule has 0 bridgehead atoms. The van der Waals surface area contributed by atoms with Gasteiger partial charge in [0.15, 0.2) is 0 Å². The summed E-state index contributed by atoms with van der Waals surface area (Å²) in [7, 11) is 0. The SMILES string of the molecule is CCCc1cccc(SC(=O)NCCC(C)Br)c1. The Hall–Kier alpha value is -0.480. The fourth-order valence-corrected chi connectivity index (χ4v) is 2.54. The number of amides is 1. The molecule has 1 atom stereocenters. The lowest BCUT2D eigenvalue weighted by Gasteiger charge is -2.06. The van der Waals surface area contributed by atoms with E-state index in [1.165, 1.54) is 17.3 Å². The molecule has 0 spiro atoms. The Bertz CT molecular complexity index is 382. The highest BCUT2D eigenvalue weighted by Gasteiger charge is 2.05. The molecule has 0 aromatic heterocycles. The molecule has 1 aromatic carbocycles. The van der Waals surface area contributed by atoms with Crippen molar-refractivity contribution in [2.75, 3.05) is 6.54 Å². The van der Waals surface area contributed by atoms with Gasteiger partial charge in [0, 0.05) is 16.3 Å². The molecule has 0 heterocycles. The molecule has 2 nitrogen and oxygen atoms in total. The maximum Gasteiger partial charge on any atom is 0.283 e. The smallest absolute Gasteiger partial charge is 0.283 e. The molecule has 1 rings (SSSR count). The van der Waals surface area contributed by atoms with Crippen LogP contribution in [0.3, 0.4) is 0 Å². The molecule has 0 aliphatic rings. The number of rotatable bonds is 6. The maximum absolute atomic E-state index is 11.7. The van der Waals surface area contributed by atoms with E-state index in [-0.39, 0.29) is 5.24 Å². The average Bonchev–Trinajstić information content (AvgIpc) is 2.29. The molecule has 0 fully saturated rings. The minimum absolute atomic E-state index is 0.0248. The van der Waals surface area contributed by atoms with Gasteiger partial charge in [-0.05, 0) is 42.3 Å². The van der Waals surface area contributed by atoms with E-state index in [9.17, 15) is 4.79 Å². The summed E-state index contributed by atoms with van der Waals surface area (Å²) in [6.45, 7) is 4.95. The zero-order valence-electron chi connectivity index (χ0n) is 10.9. The fourth-order valence-electron chi connectivity index (χ4n) is 1.57. The van der Waals surface area contributed by atoms with Crippen LogP contribution in [-0.4, -0.2) is 16.6 Å². The van der Waals surface area contributed by atoms with E-state index in [0.29, 0.717) is 11.4 Å². The van der Waals surface area contributed by atoms with E-state index in [0.717, 1.165) is 24.2 Å². The lowest BCUT2D eigenvalue weighted by molar-refractivity contribution is 0.260. The van der Waals surface area contributed by atoms with Gasteiger partial charge < -0.3 is 5.32 Å². The molecule has 0 saturated heterocycles. The van der Waals surface area contributed by atoms with E-state index >= 15 is 0 Å². The number of hydrogen-bond acceptors (Lipinski definition) is 2. The molecular weight excluding hydrogens is 310 g/mol. The van der Waals surface area contributed by atoms with Gasteiger partial charge in [-0.2, -0.15) is 0 Å². The van der Waals surface area contributed by atoms with Crippen LogP contribution in [0.15, 0.2) is 29.2 Å². The van der Waals surface area contributed by atoms with Gasteiger partial charge in [0.25, 0.3) is 5.24 Å². The summed E-state index contributed by atoms with van der Waals surface area (Å²) in [6, 6.07) is 8.20. The Morgan fingerprint density at radius 2 is 2.28 bits per heavy atom. The maximum atomic E-state index is 11.7. The first-order valence-corrected chi connectivity index (χ1v) is 8.03. The Kier molecular flexibility index (Phi) is 7.44. The summed E-state index contributed by atoms with van der Waals surface area (Å²) in [5, 5.41) is 2.93. The van der Waals surface area contributed by atoms with Gasteiger partial charge in [-0.15, -0.1) is 0 Å². The molecule has 0 saturated carbocycles. The third-order valence-corrected chi connectivity index (χ3v) is 3.74. The van der Waals surface area contributed by atoms with Crippen molar-refractivity contribution in [3.8, 4) is 0 Å². The monoisotopic (exact) mass is 329 g/mol. The number of carbonyl (C=O) groups is 1. The van der Waals surface area contributed by atoms with Crippen LogP contribution < -0.4 is 5.32 Å². The van der Waals surface area contributed by atoms with Gasteiger partial charge in [0.05, 0.1) is 0 Å². The van der Waals surface area contributed by atoms with Crippen LogP contribution in [-0.2, 0) is 6.42 Å². The van der Waals surface area contributed by atoms with Gasteiger partial charge in [0.2, 0.25) is 0 Å². The second kappa shape index (κ2) is 8.59. The Morgan fingerprint density at radius 1 is 1.50 bits per heavy atom. The van der Waals surface area contributed by atoms with E-state index in [1.807, 2.05) is 12.1 Å². The van der Waals surface area contributed by atoms with E-state index in [4.69, 9.17) is 0 Å². The summed E-state index contributed by atoms with van der Waals surface area (Å²) in [4.78, 5) is 13.2. The number of carbonyl (C=O) groups excluding carboxylic acids is 1. The van der Waals surface area contributed by atoms with Crippen molar-refractivity contribution >= 4 is 32.9 Å². The number of benzene rings is 1. The Morgan fingerprint density at radius 3 is 2.94 bits per heavy atom. The predicted molar refractivity (Wildman–Crippen MR) is 82.7 cm³/mol. The zero-order valence-corrected chi connectivity index (χ0v) is 13.3. The summed E-state index contributed by atoms with van der Waals surface area (Å²) in [5.74, 6) is 0. The first-order valence-electron chi connectivity index (χ1n) is 6.30. The highest BCUT2D eigenvalue weighted by atomic mass is 79.9. The van der Waals surface area contributed by atoms with Crippen LogP contribution >= 0.6 is 27.7 Å². The van der Waals surface area contributed by atoms with Crippen LogP contribution in [0, 0.1) is 0 Å². The number of halogens is 1. The highest BCUT2D eigenvalue weighted by molar-refractivity contribution is 9.09. The number of hydrogen-bond donors (Lipinski definition) is 1. The topological polar surface area (TPSA) is 29.1 Å². The summed E-state index contributed by atoms with van der Waals surface area (Å²) in [6.07, 6.45) is 3.14. The first-order chi connectivity index (χ1) is 8.61. The van der Waals surface area contributed by atoms with Gasteiger partial charge in [0.1, 0.15) is 0 Å². The molecular formula is C14H20BrNOS. The third-order valence-electron chi connectivity index (χ3n) is 2.46. The van der Waals surface area contributed by atoms with Crippen molar-refractivity contribution in [2.24, 2.45) is 0 Å². The molecule has 1 aromatic rings. The molecule has 0 aliphatic carbocycles. The first kappa shape index (κ1) is 15.6. The van der Waals surface area contributed by atoms with Crippen LogP contribution in [0.4, 0.5) is 4.79 Å². The molecule has 18 heavy (non-hydrogen) atoms. The second-order valence-electron chi connectivity index (χ2n) is 4.28. The van der Waals surface area contributed by atoms with Gasteiger partial charge in [-0.3, -0.25) is 4.79 Å². The standard InChI is InChI=1S/C14H20BrNOS/c1-3-5-12-6-4-7-13(10-12)18-14(17)16-9-8-11(2)15/h4,6-7,10-11H,3,5,8-9H2,1-2H3,(H,16,17). The average molecular weight is 330 g/mol. The van der Waals surface area contributed by atoms with Crippen LogP contribution in [0.5, 0.6) is 0 Å². The molecule has 0 aliphatic heterocycles. The summed E-state index contributed by atoms with van der Waals surface area (Å²) < 4.78 is 0. The Labute approximate surface area is 122 Å². The number of alkyl halides is 1. The second-order valence-corrected chi connectivity index (χ2v) is 6.89. The Balaban J connectivity index is 2.41. The summed E-state index contributed by atoms with van der Waals surface area (Å²) >= 11 is 4.73. The van der Waals surface area contributed by atoms with Crippen molar-refractivity contribution in [1.29, 1.82) is 0 Å². The molecule has 0 radical (unpaired) electrons. The minimum atomic E-state index is 0.0248. The number of aryl methyl sites for hydroxylation is 1. The van der Waals surface area contributed by atoms with E-state index in [2.05, 4.69) is 47.2 Å². The van der Waals surface area contributed by atoms with Gasteiger partial charge >= 0.3 is 0 Å². The lowest BCUT2D eigenvalue weighted by Crippen LogP contribution is -2.21. The van der Waals surface area contributed by atoms with Crippen molar-refractivity contribution in [1.82, 2.24) is 5.32 Å². The van der Waals surface area contributed by atoms with E-state index < -0.39 is 0 Å². The summed E-state index contributed by atoms with van der Waals surface area (Å²) in [5.41, 5.74) is 1.30. The van der Waals surface area contributed by atoms with Crippen molar-refractivity contribution in [3.63, 3.8) is 0 Å². The van der Waals surface area contributed by atoms with Crippen LogP contribution in [0.2, 0.25) is 0 Å². The molecule has 1 amide bonds. The van der Waals surface area contributed by atoms with Crippen LogP contribution in [0.25, 0.3) is 0 Å². The predicted octanol–water partition coefficient (Wildman–Crippen LogP) is 4.61. The molecule has 1 N–H and O–H groups in total. The highest BCUT2D eigenvalue weighted by Crippen LogP contribution is 2.20. The van der Waals surface area contributed by atoms with E-state index in [1.54, 1.807) is 0 Å². The number of nitrogens with one attached hydrogen (secondary N) is 1. The molecule has 4 heteroatoms. The fraction of sp³-hybridized carbons (Fsp3) is 0.500. The quantitative estimate of drug-likeness (QED) is 0.609. The normalized spacial score (nSPS) is 12.2. The molecule has 1 unspecified atom stereocenters. The van der Waals surface area contributed by atoms with Crippen molar-refractivity contribution in [2.45, 2.75) is 42.8 Å². The van der Waals surface area contributed by atoms with Gasteiger partial charge in [-0.25, -0.2) is 0 Å². The van der Waals surface area contributed by atoms with Crippen molar-refractivity contribution in [3.05, 3.63) is 29.8 Å². The lowest BCUT2D eigenvalue weighted by atomic mass is 10.1. The largest absolute Gasteiger partial charge is 0.347 e. The minimum Gasteiger partial charge on any atom is -0.347 e. The third kappa shape index (κ3) is 6.45.